The zero-order valence-corrected chi connectivity index (χ0v) is 17.8. The highest BCUT2D eigenvalue weighted by Gasteiger charge is 2.18. The normalized spacial score (nSPS) is 10.1. The van der Waals surface area contributed by atoms with Gasteiger partial charge >= 0.3 is 0 Å². The first-order valence-corrected chi connectivity index (χ1v) is 9.50. The number of nitrogens with zero attached hydrogens (tertiary/aromatic N) is 1. The molecule has 152 valence electrons. The molecule has 0 aromatic heterocycles. The van der Waals surface area contributed by atoms with Crippen LogP contribution in [0.25, 0.3) is 0 Å². The van der Waals surface area contributed by atoms with Gasteiger partial charge in [0.2, 0.25) is 5.91 Å². The number of amides is 2. The number of hydrogen-bond acceptors (Lipinski definition) is 3. The zero-order valence-electron chi connectivity index (χ0n) is 16.2. The third-order valence-corrected chi connectivity index (χ3v) is 4.53. The Morgan fingerprint density at radius 1 is 1.11 bits per heavy atom. The fraction of sp³-hybridized carbons (Fsp3) is 0.333. The van der Waals surface area contributed by atoms with Gasteiger partial charge in [-0.15, -0.1) is 12.4 Å². The van der Waals surface area contributed by atoms with Crippen molar-refractivity contribution >= 4 is 41.5 Å². The number of carbonyl (C=O) groups is 2. The Morgan fingerprint density at radius 3 is 2.46 bits per heavy atom. The van der Waals surface area contributed by atoms with Crippen molar-refractivity contribution in [2.75, 3.05) is 25.5 Å². The van der Waals surface area contributed by atoms with E-state index in [1.54, 1.807) is 23.1 Å². The minimum absolute atomic E-state index is 0. The number of halogens is 2. The Morgan fingerprint density at radius 2 is 1.82 bits per heavy atom. The lowest BCUT2D eigenvalue weighted by Crippen LogP contribution is -2.30. The van der Waals surface area contributed by atoms with Crippen LogP contribution in [-0.2, 0) is 11.3 Å². The maximum Gasteiger partial charge on any atom is 0.255 e. The first kappa shape index (κ1) is 24.0. The molecule has 0 spiro atoms. The summed E-state index contributed by atoms with van der Waals surface area (Å²) in [5, 5.41) is 6.22. The lowest BCUT2D eigenvalue weighted by molar-refractivity contribution is -0.116. The Balaban J connectivity index is 0.00000392. The standard InChI is InChI=1S/C21H26ClN3O2.ClH/c1-3-25(15-16-8-5-4-6-9-16)21(27)18-14-17(11-12-19(18)22)24-20(26)10-7-13-23-2;/h4-6,8-9,11-12,14,23H,3,7,10,13,15H2,1-2H3,(H,24,26);1H. The molecule has 2 N–H and O–H groups in total. The van der Waals surface area contributed by atoms with Crippen LogP contribution in [0, 0.1) is 0 Å². The number of carbonyl (C=O) groups excluding carboxylic acids is 2. The van der Waals surface area contributed by atoms with Gasteiger partial charge in [0, 0.05) is 25.2 Å². The Kier molecular flexibility index (Phi) is 10.6. The molecular formula is C21H27Cl2N3O2. The molecule has 0 fully saturated rings. The van der Waals surface area contributed by atoms with Gasteiger partial charge in [-0.25, -0.2) is 0 Å². The van der Waals surface area contributed by atoms with E-state index in [1.165, 1.54) is 0 Å². The molecule has 5 nitrogen and oxygen atoms in total. The monoisotopic (exact) mass is 423 g/mol. The van der Waals surface area contributed by atoms with Crippen molar-refractivity contribution in [1.29, 1.82) is 0 Å². The van der Waals surface area contributed by atoms with Gasteiger partial charge in [0.25, 0.3) is 5.91 Å². The molecule has 0 aliphatic heterocycles. The van der Waals surface area contributed by atoms with Crippen LogP contribution < -0.4 is 10.6 Å². The molecule has 2 amide bonds. The smallest absolute Gasteiger partial charge is 0.255 e. The highest BCUT2D eigenvalue weighted by molar-refractivity contribution is 6.34. The van der Waals surface area contributed by atoms with E-state index in [0.717, 1.165) is 18.5 Å². The van der Waals surface area contributed by atoms with Crippen LogP contribution in [0.4, 0.5) is 5.69 Å². The Bertz CT molecular complexity index is 770. The van der Waals surface area contributed by atoms with E-state index in [4.69, 9.17) is 11.6 Å². The predicted molar refractivity (Wildman–Crippen MR) is 117 cm³/mol. The van der Waals surface area contributed by atoms with Crippen LogP contribution in [0.5, 0.6) is 0 Å². The molecule has 7 heteroatoms. The number of hydrogen-bond donors (Lipinski definition) is 2. The van der Waals surface area contributed by atoms with Gasteiger partial charge in [-0.1, -0.05) is 41.9 Å². The average molecular weight is 424 g/mol. The highest BCUT2D eigenvalue weighted by atomic mass is 35.5. The second kappa shape index (κ2) is 12.4. The van der Waals surface area contributed by atoms with Crippen molar-refractivity contribution in [1.82, 2.24) is 10.2 Å². The van der Waals surface area contributed by atoms with E-state index < -0.39 is 0 Å². The summed E-state index contributed by atoms with van der Waals surface area (Å²) in [5.41, 5.74) is 2.02. The summed E-state index contributed by atoms with van der Waals surface area (Å²) in [5.74, 6) is -0.236. The molecule has 28 heavy (non-hydrogen) atoms. The topological polar surface area (TPSA) is 61.4 Å². The van der Waals surface area contributed by atoms with Crippen molar-refractivity contribution in [3.63, 3.8) is 0 Å². The first-order valence-electron chi connectivity index (χ1n) is 9.12. The molecule has 2 aromatic rings. The Labute approximate surface area is 177 Å². The molecule has 0 aliphatic carbocycles. The van der Waals surface area contributed by atoms with Crippen molar-refractivity contribution in [2.45, 2.75) is 26.3 Å². The quantitative estimate of drug-likeness (QED) is 0.588. The zero-order chi connectivity index (χ0) is 19.6. The second-order valence-electron chi connectivity index (χ2n) is 6.25. The van der Waals surface area contributed by atoms with Gasteiger partial charge in [0.1, 0.15) is 0 Å². The van der Waals surface area contributed by atoms with Gasteiger partial charge in [0.05, 0.1) is 10.6 Å². The molecule has 2 aromatic carbocycles. The molecule has 0 bridgehead atoms. The number of benzene rings is 2. The van der Waals surface area contributed by atoms with Gasteiger partial charge in [-0.3, -0.25) is 9.59 Å². The largest absolute Gasteiger partial charge is 0.335 e. The summed E-state index contributed by atoms with van der Waals surface area (Å²) in [6.07, 6.45) is 1.17. The minimum atomic E-state index is -0.155. The fourth-order valence-electron chi connectivity index (χ4n) is 2.72. The SMILES string of the molecule is CCN(Cc1ccccc1)C(=O)c1cc(NC(=O)CCCNC)ccc1Cl.Cl. The van der Waals surface area contributed by atoms with Crippen LogP contribution in [0.15, 0.2) is 48.5 Å². The van der Waals surface area contributed by atoms with Crippen molar-refractivity contribution in [2.24, 2.45) is 0 Å². The summed E-state index contributed by atoms with van der Waals surface area (Å²) < 4.78 is 0. The molecule has 2 rings (SSSR count). The molecule has 0 atom stereocenters. The van der Waals surface area contributed by atoms with Gasteiger partial charge < -0.3 is 15.5 Å². The maximum atomic E-state index is 13.0. The first-order chi connectivity index (χ1) is 13.0. The predicted octanol–water partition coefficient (Wildman–Crippen LogP) is 4.36. The summed E-state index contributed by atoms with van der Waals surface area (Å²) in [6, 6.07) is 14.8. The number of anilines is 1. The molecule has 0 heterocycles. The van der Waals surface area contributed by atoms with E-state index in [1.807, 2.05) is 44.3 Å². The summed E-state index contributed by atoms with van der Waals surface area (Å²) >= 11 is 6.27. The number of rotatable bonds is 9. The van der Waals surface area contributed by atoms with Crippen LogP contribution >= 0.6 is 24.0 Å². The third kappa shape index (κ3) is 7.15. The minimum Gasteiger partial charge on any atom is -0.335 e. The Hall–Kier alpha value is -2.08. The van der Waals surface area contributed by atoms with E-state index in [-0.39, 0.29) is 24.2 Å². The van der Waals surface area contributed by atoms with Crippen LogP contribution in [0.3, 0.4) is 0 Å². The van der Waals surface area contributed by atoms with E-state index in [9.17, 15) is 9.59 Å². The average Bonchev–Trinajstić information content (AvgIpc) is 2.68. The van der Waals surface area contributed by atoms with E-state index in [0.29, 0.717) is 35.8 Å². The molecule has 0 unspecified atom stereocenters. The van der Waals surface area contributed by atoms with Crippen LogP contribution in [-0.4, -0.2) is 36.9 Å². The third-order valence-electron chi connectivity index (χ3n) is 4.20. The van der Waals surface area contributed by atoms with Crippen molar-refractivity contribution in [3.8, 4) is 0 Å². The summed E-state index contributed by atoms with van der Waals surface area (Å²) in [7, 11) is 1.85. The van der Waals surface area contributed by atoms with Crippen LogP contribution in [0.1, 0.15) is 35.7 Å². The van der Waals surface area contributed by atoms with Gasteiger partial charge in [-0.2, -0.15) is 0 Å². The van der Waals surface area contributed by atoms with Gasteiger partial charge in [0.15, 0.2) is 0 Å². The van der Waals surface area contributed by atoms with E-state index >= 15 is 0 Å². The molecular weight excluding hydrogens is 397 g/mol. The maximum absolute atomic E-state index is 13.0. The molecule has 0 saturated carbocycles. The molecule has 0 saturated heterocycles. The molecule has 0 radical (unpaired) electrons. The van der Waals surface area contributed by atoms with Crippen LogP contribution in [0.2, 0.25) is 5.02 Å². The summed E-state index contributed by atoms with van der Waals surface area (Å²) in [4.78, 5) is 26.7. The van der Waals surface area contributed by atoms with Gasteiger partial charge in [-0.05, 0) is 50.7 Å². The second-order valence-corrected chi connectivity index (χ2v) is 6.66. The fourth-order valence-corrected chi connectivity index (χ4v) is 2.92. The number of nitrogens with one attached hydrogen (secondary N) is 2. The molecule has 0 aliphatic rings. The van der Waals surface area contributed by atoms with Crippen molar-refractivity contribution in [3.05, 3.63) is 64.7 Å². The highest BCUT2D eigenvalue weighted by Crippen LogP contribution is 2.23. The lowest BCUT2D eigenvalue weighted by Gasteiger charge is -2.22. The van der Waals surface area contributed by atoms with E-state index in [2.05, 4.69) is 10.6 Å². The van der Waals surface area contributed by atoms with Crippen molar-refractivity contribution < 1.29 is 9.59 Å². The summed E-state index contributed by atoms with van der Waals surface area (Å²) in [6.45, 7) is 3.78. The lowest BCUT2D eigenvalue weighted by atomic mass is 10.1.